The van der Waals surface area contributed by atoms with Crippen LogP contribution in [0.5, 0.6) is 0 Å². The van der Waals surface area contributed by atoms with E-state index < -0.39 is 0 Å². The molecule has 0 bridgehead atoms. The zero-order valence-electron chi connectivity index (χ0n) is 18.0. The molecular weight excluding hydrogens is 410 g/mol. The summed E-state index contributed by atoms with van der Waals surface area (Å²) in [4.78, 5) is 24.6. The van der Waals surface area contributed by atoms with E-state index in [1.54, 1.807) is 0 Å². The number of nitrogens with one attached hydrogen (secondary N) is 2. The average molecular weight is 438 g/mol. The first-order valence-corrected chi connectivity index (χ1v) is 11.2. The van der Waals surface area contributed by atoms with Crippen LogP contribution in [0.15, 0.2) is 53.7 Å². The standard InChI is InChI=1S/C23H27N5O2S/c1-4-28-19(14-24-20(29)13-18-11-6-5-7-12-18)26-27-23(28)31-15-21(30)25-22-16(2)9-8-10-17(22)3/h5-12H,4,13-15H2,1-3H3,(H,24,29)(H,25,30). The van der Waals surface area contributed by atoms with E-state index in [1.165, 1.54) is 11.8 Å². The minimum absolute atomic E-state index is 0.0703. The van der Waals surface area contributed by atoms with E-state index in [-0.39, 0.29) is 17.6 Å². The number of anilines is 1. The Morgan fingerprint density at radius 3 is 2.35 bits per heavy atom. The van der Waals surface area contributed by atoms with Gasteiger partial charge in [0.25, 0.3) is 0 Å². The smallest absolute Gasteiger partial charge is 0.234 e. The van der Waals surface area contributed by atoms with Crippen molar-refractivity contribution in [2.75, 3.05) is 11.1 Å². The number of carbonyl (C=O) groups excluding carboxylic acids is 2. The molecule has 0 aliphatic heterocycles. The third-order valence-electron chi connectivity index (χ3n) is 4.84. The third-order valence-corrected chi connectivity index (χ3v) is 5.81. The van der Waals surface area contributed by atoms with Gasteiger partial charge in [0.2, 0.25) is 11.8 Å². The van der Waals surface area contributed by atoms with Gasteiger partial charge in [0.15, 0.2) is 11.0 Å². The molecule has 0 saturated heterocycles. The van der Waals surface area contributed by atoms with E-state index in [1.807, 2.05) is 73.9 Å². The third kappa shape index (κ3) is 6.18. The maximum atomic E-state index is 12.4. The lowest BCUT2D eigenvalue weighted by atomic mass is 10.1. The number of aryl methyl sites for hydroxylation is 2. The molecule has 3 rings (SSSR count). The number of carbonyl (C=O) groups is 2. The Kier molecular flexibility index (Phi) is 7.83. The maximum absolute atomic E-state index is 12.4. The highest BCUT2D eigenvalue weighted by Gasteiger charge is 2.15. The van der Waals surface area contributed by atoms with Gasteiger partial charge in [-0.2, -0.15) is 0 Å². The molecule has 2 amide bonds. The summed E-state index contributed by atoms with van der Waals surface area (Å²) in [6, 6.07) is 15.5. The number of hydrogen-bond donors (Lipinski definition) is 2. The monoisotopic (exact) mass is 437 g/mol. The van der Waals surface area contributed by atoms with Gasteiger partial charge in [0, 0.05) is 12.2 Å². The van der Waals surface area contributed by atoms with E-state index in [0.717, 1.165) is 22.4 Å². The number of hydrogen-bond acceptors (Lipinski definition) is 5. The number of thioether (sulfide) groups is 1. The van der Waals surface area contributed by atoms with E-state index >= 15 is 0 Å². The molecule has 3 aromatic rings. The molecule has 0 aliphatic rings. The van der Waals surface area contributed by atoms with Crippen molar-refractivity contribution < 1.29 is 9.59 Å². The number of aromatic nitrogens is 3. The predicted molar refractivity (Wildman–Crippen MR) is 123 cm³/mol. The first-order chi connectivity index (χ1) is 15.0. The maximum Gasteiger partial charge on any atom is 0.234 e. The molecule has 0 fully saturated rings. The topological polar surface area (TPSA) is 88.9 Å². The quantitative estimate of drug-likeness (QED) is 0.500. The van der Waals surface area contributed by atoms with Crippen molar-refractivity contribution >= 4 is 29.3 Å². The van der Waals surface area contributed by atoms with Crippen LogP contribution < -0.4 is 10.6 Å². The van der Waals surface area contributed by atoms with Crippen LogP contribution in [0.1, 0.15) is 29.4 Å². The Hall–Kier alpha value is -3.13. The van der Waals surface area contributed by atoms with Crippen molar-refractivity contribution in [3.8, 4) is 0 Å². The summed E-state index contributed by atoms with van der Waals surface area (Å²) in [6.45, 7) is 6.88. The summed E-state index contributed by atoms with van der Waals surface area (Å²) in [5.74, 6) is 0.734. The van der Waals surface area contributed by atoms with Crippen molar-refractivity contribution in [1.82, 2.24) is 20.1 Å². The second-order valence-corrected chi connectivity index (χ2v) is 8.13. The summed E-state index contributed by atoms with van der Waals surface area (Å²) >= 11 is 1.33. The van der Waals surface area contributed by atoms with Crippen molar-refractivity contribution in [3.05, 3.63) is 71.0 Å². The van der Waals surface area contributed by atoms with Crippen LogP contribution >= 0.6 is 11.8 Å². The van der Waals surface area contributed by atoms with Crippen LogP contribution in [-0.2, 0) is 29.1 Å². The first kappa shape index (κ1) is 22.6. The molecular formula is C23H27N5O2S. The molecule has 0 radical (unpaired) electrons. The Morgan fingerprint density at radius 1 is 0.968 bits per heavy atom. The fourth-order valence-corrected chi connectivity index (χ4v) is 4.03. The number of nitrogens with zero attached hydrogens (tertiary/aromatic N) is 3. The lowest BCUT2D eigenvalue weighted by molar-refractivity contribution is -0.120. The zero-order valence-corrected chi connectivity index (χ0v) is 18.8. The molecule has 31 heavy (non-hydrogen) atoms. The van der Waals surface area contributed by atoms with Crippen LogP contribution in [0.3, 0.4) is 0 Å². The van der Waals surface area contributed by atoms with Gasteiger partial charge in [0.1, 0.15) is 0 Å². The van der Waals surface area contributed by atoms with Gasteiger partial charge in [-0.15, -0.1) is 10.2 Å². The van der Waals surface area contributed by atoms with E-state index in [4.69, 9.17) is 0 Å². The highest BCUT2D eigenvalue weighted by molar-refractivity contribution is 7.99. The van der Waals surface area contributed by atoms with Crippen molar-refractivity contribution in [2.24, 2.45) is 0 Å². The molecule has 2 N–H and O–H groups in total. The molecule has 0 saturated carbocycles. The molecule has 8 heteroatoms. The summed E-state index contributed by atoms with van der Waals surface area (Å²) in [7, 11) is 0. The van der Waals surface area contributed by atoms with Gasteiger partial charge in [-0.3, -0.25) is 9.59 Å². The van der Waals surface area contributed by atoms with E-state index in [0.29, 0.717) is 30.5 Å². The van der Waals surface area contributed by atoms with Crippen molar-refractivity contribution in [1.29, 1.82) is 0 Å². The Morgan fingerprint density at radius 2 is 1.68 bits per heavy atom. The van der Waals surface area contributed by atoms with Gasteiger partial charge in [-0.05, 0) is 37.5 Å². The lowest BCUT2D eigenvalue weighted by Gasteiger charge is -2.11. The largest absolute Gasteiger partial charge is 0.349 e. The molecule has 0 aliphatic carbocycles. The highest BCUT2D eigenvalue weighted by Crippen LogP contribution is 2.21. The second-order valence-electron chi connectivity index (χ2n) is 7.19. The summed E-state index contributed by atoms with van der Waals surface area (Å²) < 4.78 is 1.92. The minimum atomic E-state index is -0.0919. The molecule has 1 aromatic heterocycles. The number of para-hydroxylation sites is 1. The van der Waals surface area contributed by atoms with Crippen LogP contribution in [0.25, 0.3) is 0 Å². The van der Waals surface area contributed by atoms with Gasteiger partial charge < -0.3 is 15.2 Å². The summed E-state index contributed by atoms with van der Waals surface area (Å²) in [6.07, 6.45) is 0.321. The fraction of sp³-hybridized carbons (Fsp3) is 0.304. The predicted octanol–water partition coefficient (Wildman–Crippen LogP) is 3.50. The van der Waals surface area contributed by atoms with Gasteiger partial charge in [-0.1, -0.05) is 60.3 Å². The number of benzene rings is 2. The highest BCUT2D eigenvalue weighted by atomic mass is 32.2. The molecule has 7 nitrogen and oxygen atoms in total. The van der Waals surface area contributed by atoms with Crippen LogP contribution in [-0.4, -0.2) is 32.3 Å². The van der Waals surface area contributed by atoms with Gasteiger partial charge in [-0.25, -0.2) is 0 Å². The number of amides is 2. The average Bonchev–Trinajstić information content (AvgIpc) is 3.16. The van der Waals surface area contributed by atoms with Crippen LogP contribution in [0, 0.1) is 13.8 Å². The van der Waals surface area contributed by atoms with Crippen molar-refractivity contribution in [3.63, 3.8) is 0 Å². The fourth-order valence-electron chi connectivity index (χ4n) is 3.21. The molecule has 0 unspecified atom stereocenters. The Balaban J connectivity index is 1.54. The minimum Gasteiger partial charge on any atom is -0.349 e. The summed E-state index contributed by atoms with van der Waals surface area (Å²) in [5.41, 5.74) is 3.88. The van der Waals surface area contributed by atoms with E-state index in [2.05, 4.69) is 20.8 Å². The first-order valence-electron chi connectivity index (χ1n) is 10.2. The van der Waals surface area contributed by atoms with Crippen molar-refractivity contribution in [2.45, 2.75) is 45.4 Å². The number of rotatable bonds is 9. The lowest BCUT2D eigenvalue weighted by Crippen LogP contribution is -2.26. The SMILES string of the molecule is CCn1c(CNC(=O)Cc2ccccc2)nnc1SCC(=O)Nc1c(C)cccc1C. The van der Waals surface area contributed by atoms with Crippen LogP contribution in [0.2, 0.25) is 0 Å². The van der Waals surface area contributed by atoms with Crippen LogP contribution in [0.4, 0.5) is 5.69 Å². The van der Waals surface area contributed by atoms with Gasteiger partial charge in [0.05, 0.1) is 18.7 Å². The molecule has 0 atom stereocenters. The Bertz CT molecular complexity index is 1030. The molecule has 162 valence electrons. The summed E-state index contributed by atoms with van der Waals surface area (Å²) in [5, 5.41) is 14.9. The van der Waals surface area contributed by atoms with Gasteiger partial charge >= 0.3 is 0 Å². The normalized spacial score (nSPS) is 10.7. The molecule has 0 spiro atoms. The Labute approximate surface area is 186 Å². The molecule has 1 heterocycles. The van der Waals surface area contributed by atoms with E-state index in [9.17, 15) is 9.59 Å². The second kappa shape index (κ2) is 10.8. The zero-order chi connectivity index (χ0) is 22.2. The molecule has 2 aromatic carbocycles.